The van der Waals surface area contributed by atoms with Crippen LogP contribution >= 0.6 is 11.6 Å². The molecule has 9 nitrogen and oxygen atoms in total. The van der Waals surface area contributed by atoms with E-state index in [4.69, 9.17) is 16.3 Å². The maximum atomic E-state index is 13.4. The second-order valence-corrected chi connectivity index (χ2v) is 9.59. The van der Waals surface area contributed by atoms with E-state index in [0.717, 1.165) is 38.8 Å². The van der Waals surface area contributed by atoms with Gasteiger partial charge in [-0.25, -0.2) is 4.99 Å². The first-order valence-corrected chi connectivity index (χ1v) is 12.9. The zero-order valence-corrected chi connectivity index (χ0v) is 21.7. The summed E-state index contributed by atoms with van der Waals surface area (Å²) in [7, 11) is 1.58. The van der Waals surface area contributed by atoms with Crippen LogP contribution in [0.3, 0.4) is 0 Å². The molecule has 0 spiro atoms. The number of nitrogens with one attached hydrogen (secondary N) is 2. The van der Waals surface area contributed by atoms with Crippen LogP contribution in [0.15, 0.2) is 53.5 Å². The van der Waals surface area contributed by atoms with Crippen molar-refractivity contribution >= 4 is 41.0 Å². The van der Waals surface area contributed by atoms with E-state index < -0.39 is 11.9 Å². The molecule has 0 saturated carbocycles. The van der Waals surface area contributed by atoms with Gasteiger partial charge in [-0.05, 0) is 74.6 Å². The Labute approximate surface area is 221 Å². The molecule has 2 aliphatic heterocycles. The number of hydrogen-bond acceptors (Lipinski definition) is 5. The van der Waals surface area contributed by atoms with Gasteiger partial charge in [0.15, 0.2) is 0 Å². The Kier molecular flexibility index (Phi) is 9.00. The van der Waals surface area contributed by atoms with Crippen molar-refractivity contribution in [2.45, 2.75) is 38.1 Å². The van der Waals surface area contributed by atoms with Gasteiger partial charge >= 0.3 is 0 Å². The van der Waals surface area contributed by atoms with Gasteiger partial charge in [0.05, 0.1) is 13.7 Å². The van der Waals surface area contributed by atoms with Crippen LogP contribution in [-0.4, -0.2) is 72.8 Å². The SMILES string of the molecule is COc1ccc(NC(=N[C@H]2CCCCN(CC(=O)N3CCCC3)C2=O)NC(=O)c2cccc(Cl)c2)cc1. The van der Waals surface area contributed by atoms with Gasteiger partial charge in [0.2, 0.25) is 17.8 Å². The lowest BCUT2D eigenvalue weighted by atomic mass is 10.1. The number of aliphatic imine (C=N–C) groups is 1. The third-order valence-electron chi connectivity index (χ3n) is 6.49. The monoisotopic (exact) mass is 525 g/mol. The smallest absolute Gasteiger partial charge is 0.258 e. The van der Waals surface area contributed by atoms with Crippen LogP contribution in [0.4, 0.5) is 5.69 Å². The van der Waals surface area contributed by atoms with Crippen molar-refractivity contribution in [2.75, 3.05) is 38.6 Å². The minimum atomic E-state index is -0.728. The van der Waals surface area contributed by atoms with Crippen LogP contribution in [0.5, 0.6) is 5.75 Å². The van der Waals surface area contributed by atoms with Crippen molar-refractivity contribution in [3.05, 3.63) is 59.1 Å². The van der Waals surface area contributed by atoms with Crippen LogP contribution in [0.1, 0.15) is 42.5 Å². The number of hydrogen-bond donors (Lipinski definition) is 2. The molecule has 2 saturated heterocycles. The molecule has 2 fully saturated rings. The fourth-order valence-electron chi connectivity index (χ4n) is 4.46. The van der Waals surface area contributed by atoms with Gasteiger partial charge in [0.25, 0.3) is 5.91 Å². The number of methoxy groups -OCH3 is 1. The van der Waals surface area contributed by atoms with Crippen LogP contribution < -0.4 is 15.4 Å². The maximum Gasteiger partial charge on any atom is 0.258 e. The summed E-state index contributed by atoms with van der Waals surface area (Å²) in [5.74, 6) is 0.173. The van der Waals surface area contributed by atoms with Gasteiger partial charge < -0.3 is 19.9 Å². The van der Waals surface area contributed by atoms with Crippen LogP contribution in [0, 0.1) is 0 Å². The van der Waals surface area contributed by atoms with Gasteiger partial charge in [-0.1, -0.05) is 17.7 Å². The Hall–Kier alpha value is -3.59. The normalized spacial score (nSPS) is 18.4. The van der Waals surface area contributed by atoms with E-state index in [2.05, 4.69) is 15.6 Å². The zero-order chi connectivity index (χ0) is 26.2. The van der Waals surface area contributed by atoms with Crippen LogP contribution in [0.2, 0.25) is 5.02 Å². The van der Waals surface area contributed by atoms with Crippen molar-refractivity contribution in [1.29, 1.82) is 0 Å². The number of nitrogens with zero attached hydrogens (tertiary/aromatic N) is 3. The molecule has 2 aromatic carbocycles. The summed E-state index contributed by atoms with van der Waals surface area (Å²) in [6, 6.07) is 13.0. The fourth-order valence-corrected chi connectivity index (χ4v) is 4.65. The second kappa shape index (κ2) is 12.6. The molecule has 2 aliphatic rings. The van der Waals surface area contributed by atoms with Crippen molar-refractivity contribution < 1.29 is 19.1 Å². The molecular weight excluding hydrogens is 494 g/mol. The molecule has 196 valence electrons. The minimum Gasteiger partial charge on any atom is -0.497 e. The predicted molar refractivity (Wildman–Crippen MR) is 143 cm³/mol. The van der Waals surface area contributed by atoms with E-state index in [0.29, 0.717) is 35.0 Å². The predicted octanol–water partition coefficient (Wildman–Crippen LogP) is 3.55. The lowest BCUT2D eigenvalue weighted by Gasteiger charge is -2.25. The Morgan fingerprint density at radius 3 is 2.49 bits per heavy atom. The molecule has 1 atom stereocenters. The standard InChI is InChI=1S/C27H32ClN5O4/c1-37-22-12-10-21(11-13-22)29-27(31-25(35)19-7-6-8-20(28)17-19)30-23-9-2-3-16-33(26(23)36)18-24(34)32-14-4-5-15-32/h6-8,10-13,17,23H,2-5,9,14-16,18H2,1H3,(H2,29,30,31,35)/t23-/m0/s1. The summed E-state index contributed by atoms with van der Waals surface area (Å²) in [5, 5.41) is 6.34. The molecular formula is C27H32ClN5O4. The lowest BCUT2D eigenvalue weighted by molar-refractivity contribution is -0.140. The van der Waals surface area contributed by atoms with E-state index in [1.54, 1.807) is 60.5 Å². The molecule has 0 aliphatic carbocycles. The first-order chi connectivity index (χ1) is 17.9. The molecule has 3 amide bonds. The highest BCUT2D eigenvalue weighted by molar-refractivity contribution is 6.31. The number of likely N-dealkylation sites (tertiary alicyclic amines) is 2. The van der Waals surface area contributed by atoms with Crippen molar-refractivity contribution in [2.24, 2.45) is 4.99 Å². The van der Waals surface area contributed by atoms with Crippen LogP contribution in [-0.2, 0) is 9.59 Å². The number of benzene rings is 2. The van der Waals surface area contributed by atoms with Gasteiger partial charge in [0, 0.05) is 35.9 Å². The Bertz CT molecular complexity index is 1150. The molecule has 4 rings (SSSR count). The van der Waals surface area contributed by atoms with Gasteiger partial charge in [0.1, 0.15) is 11.8 Å². The van der Waals surface area contributed by atoms with E-state index in [-0.39, 0.29) is 24.3 Å². The van der Waals surface area contributed by atoms with E-state index in [9.17, 15) is 14.4 Å². The molecule has 2 heterocycles. The molecule has 0 unspecified atom stereocenters. The fraction of sp³-hybridized carbons (Fsp3) is 0.407. The molecule has 2 aromatic rings. The Morgan fingerprint density at radius 1 is 1.05 bits per heavy atom. The maximum absolute atomic E-state index is 13.4. The number of rotatable bonds is 6. The zero-order valence-electron chi connectivity index (χ0n) is 20.9. The summed E-state index contributed by atoms with van der Waals surface area (Å²) >= 11 is 6.06. The molecule has 10 heteroatoms. The molecule has 0 radical (unpaired) electrons. The van der Waals surface area contributed by atoms with E-state index >= 15 is 0 Å². The minimum absolute atomic E-state index is 0.0266. The van der Waals surface area contributed by atoms with Crippen molar-refractivity contribution in [3.63, 3.8) is 0 Å². The second-order valence-electron chi connectivity index (χ2n) is 9.15. The average Bonchev–Trinajstić information content (AvgIpc) is 3.39. The Balaban J connectivity index is 1.55. The average molecular weight is 526 g/mol. The summed E-state index contributed by atoms with van der Waals surface area (Å²) in [4.78, 5) is 47.2. The van der Waals surface area contributed by atoms with Crippen molar-refractivity contribution in [3.8, 4) is 5.75 Å². The number of halogens is 1. The first kappa shape index (κ1) is 26.5. The highest BCUT2D eigenvalue weighted by Crippen LogP contribution is 2.19. The number of carbonyl (C=O) groups excluding carboxylic acids is 3. The highest BCUT2D eigenvalue weighted by atomic mass is 35.5. The summed E-state index contributed by atoms with van der Waals surface area (Å²) < 4.78 is 5.22. The third kappa shape index (κ3) is 7.22. The van der Waals surface area contributed by atoms with Crippen LogP contribution in [0.25, 0.3) is 0 Å². The molecule has 0 aromatic heterocycles. The highest BCUT2D eigenvalue weighted by Gasteiger charge is 2.30. The summed E-state index contributed by atoms with van der Waals surface area (Å²) in [5.41, 5.74) is 1.02. The number of guanidine groups is 1. The number of amides is 3. The van der Waals surface area contributed by atoms with Gasteiger partial charge in [-0.3, -0.25) is 19.7 Å². The van der Waals surface area contributed by atoms with E-state index in [1.807, 2.05) is 4.90 Å². The largest absolute Gasteiger partial charge is 0.497 e. The molecule has 0 bridgehead atoms. The quantitative estimate of drug-likeness (QED) is 0.443. The summed E-state index contributed by atoms with van der Waals surface area (Å²) in [6.45, 7) is 2.06. The molecule has 2 N–H and O–H groups in total. The summed E-state index contributed by atoms with van der Waals surface area (Å²) in [6.07, 6.45) is 4.10. The Morgan fingerprint density at radius 2 is 1.78 bits per heavy atom. The van der Waals surface area contributed by atoms with Gasteiger partial charge in [-0.15, -0.1) is 0 Å². The topological polar surface area (TPSA) is 103 Å². The first-order valence-electron chi connectivity index (χ1n) is 12.6. The van der Waals surface area contributed by atoms with Gasteiger partial charge in [-0.2, -0.15) is 0 Å². The number of carbonyl (C=O) groups is 3. The van der Waals surface area contributed by atoms with Crippen molar-refractivity contribution in [1.82, 2.24) is 15.1 Å². The van der Waals surface area contributed by atoms with E-state index in [1.165, 1.54) is 0 Å². The lowest BCUT2D eigenvalue weighted by Crippen LogP contribution is -2.45. The molecule has 37 heavy (non-hydrogen) atoms. The number of anilines is 1. The number of ether oxygens (including phenoxy) is 1. The third-order valence-corrected chi connectivity index (χ3v) is 6.73.